The van der Waals surface area contributed by atoms with E-state index in [1.54, 1.807) is 11.8 Å². The number of carboxylic acid groups (broad SMARTS) is 1. The molecule has 1 fully saturated rings. The van der Waals surface area contributed by atoms with E-state index in [4.69, 9.17) is 0 Å². The first-order valence-corrected chi connectivity index (χ1v) is 8.12. The summed E-state index contributed by atoms with van der Waals surface area (Å²) in [4.78, 5) is 24.9. The molecule has 1 aromatic carbocycles. The molecule has 0 heterocycles. The first-order chi connectivity index (χ1) is 9.63. The van der Waals surface area contributed by atoms with Crippen LogP contribution in [0.2, 0.25) is 0 Å². The zero-order chi connectivity index (χ0) is 14.5. The van der Waals surface area contributed by atoms with E-state index in [0.29, 0.717) is 18.4 Å². The maximum Gasteiger partial charge on any atom is 0.307 e. The quantitative estimate of drug-likeness (QED) is 0.661. The lowest BCUT2D eigenvalue weighted by atomic mass is 9.75. The van der Waals surface area contributed by atoms with E-state index in [2.05, 4.69) is 6.92 Å². The highest BCUT2D eigenvalue weighted by atomic mass is 32.2. The average Bonchev–Trinajstić information content (AvgIpc) is 2.47. The van der Waals surface area contributed by atoms with Gasteiger partial charge in [-0.2, -0.15) is 0 Å². The fourth-order valence-electron chi connectivity index (χ4n) is 2.84. The third-order valence-corrected chi connectivity index (χ3v) is 4.76. The van der Waals surface area contributed by atoms with E-state index < -0.39 is 11.9 Å². The summed E-state index contributed by atoms with van der Waals surface area (Å²) < 4.78 is 0. The van der Waals surface area contributed by atoms with Crippen LogP contribution in [-0.4, -0.2) is 22.6 Å². The number of hydrogen-bond acceptors (Lipinski definition) is 3. The van der Waals surface area contributed by atoms with Crippen LogP contribution in [-0.2, 0) is 4.79 Å². The SMILES string of the molecule is CCSc1ccc(C(=O)[C@@H]2CCCC[C@H]2C(=O)O)cc1. The molecule has 1 aromatic rings. The Morgan fingerprint density at radius 1 is 1.15 bits per heavy atom. The fraction of sp³-hybridized carbons (Fsp3) is 0.500. The minimum Gasteiger partial charge on any atom is -0.481 e. The third kappa shape index (κ3) is 3.42. The molecule has 1 aliphatic carbocycles. The summed E-state index contributed by atoms with van der Waals surface area (Å²) in [5, 5.41) is 9.26. The maximum absolute atomic E-state index is 12.5. The number of thioether (sulfide) groups is 1. The number of aliphatic carboxylic acids is 1. The van der Waals surface area contributed by atoms with E-state index in [0.717, 1.165) is 23.5 Å². The van der Waals surface area contributed by atoms with E-state index in [9.17, 15) is 14.7 Å². The van der Waals surface area contributed by atoms with Crippen molar-refractivity contribution >= 4 is 23.5 Å². The van der Waals surface area contributed by atoms with Crippen molar-refractivity contribution in [1.82, 2.24) is 0 Å². The van der Waals surface area contributed by atoms with Crippen LogP contribution in [0.5, 0.6) is 0 Å². The Morgan fingerprint density at radius 2 is 1.75 bits per heavy atom. The van der Waals surface area contributed by atoms with E-state index in [1.807, 2.05) is 24.3 Å². The molecule has 0 amide bonds. The molecular weight excluding hydrogens is 272 g/mol. The molecule has 0 unspecified atom stereocenters. The maximum atomic E-state index is 12.5. The topological polar surface area (TPSA) is 54.4 Å². The molecule has 0 aliphatic heterocycles. The van der Waals surface area contributed by atoms with Crippen molar-refractivity contribution < 1.29 is 14.7 Å². The summed E-state index contributed by atoms with van der Waals surface area (Å²) in [6, 6.07) is 7.54. The van der Waals surface area contributed by atoms with Gasteiger partial charge in [0.15, 0.2) is 5.78 Å². The minimum absolute atomic E-state index is 0.00912. The number of carbonyl (C=O) groups excluding carboxylic acids is 1. The van der Waals surface area contributed by atoms with Crippen molar-refractivity contribution in [2.45, 2.75) is 37.5 Å². The third-order valence-electron chi connectivity index (χ3n) is 3.87. The largest absolute Gasteiger partial charge is 0.481 e. The van der Waals surface area contributed by atoms with E-state index >= 15 is 0 Å². The number of ketones is 1. The highest BCUT2D eigenvalue weighted by Gasteiger charge is 2.35. The summed E-state index contributed by atoms with van der Waals surface area (Å²) in [6.07, 6.45) is 3.17. The van der Waals surface area contributed by atoms with Crippen molar-refractivity contribution in [3.8, 4) is 0 Å². The number of benzene rings is 1. The molecule has 108 valence electrons. The van der Waals surface area contributed by atoms with Crippen LogP contribution in [0.4, 0.5) is 0 Å². The zero-order valence-electron chi connectivity index (χ0n) is 11.7. The van der Waals surface area contributed by atoms with Gasteiger partial charge in [0.05, 0.1) is 5.92 Å². The van der Waals surface area contributed by atoms with Crippen molar-refractivity contribution in [3.63, 3.8) is 0 Å². The monoisotopic (exact) mass is 292 g/mol. The van der Waals surface area contributed by atoms with Gasteiger partial charge in [-0.05, 0) is 30.7 Å². The lowest BCUT2D eigenvalue weighted by Crippen LogP contribution is -2.32. The van der Waals surface area contributed by atoms with Gasteiger partial charge in [0.2, 0.25) is 0 Å². The highest BCUT2D eigenvalue weighted by molar-refractivity contribution is 7.99. The van der Waals surface area contributed by atoms with E-state index in [-0.39, 0.29) is 11.7 Å². The molecule has 0 spiro atoms. The number of rotatable bonds is 5. The zero-order valence-corrected chi connectivity index (χ0v) is 12.5. The molecule has 0 bridgehead atoms. The molecule has 1 saturated carbocycles. The molecule has 1 aliphatic rings. The number of carboxylic acids is 1. The molecule has 20 heavy (non-hydrogen) atoms. The van der Waals surface area contributed by atoms with Crippen LogP contribution >= 0.6 is 11.8 Å². The Balaban J connectivity index is 2.14. The first kappa shape index (κ1) is 15.1. The summed E-state index contributed by atoms with van der Waals surface area (Å²) in [7, 11) is 0. The predicted octanol–water partition coefficient (Wildman–Crippen LogP) is 3.87. The standard InChI is InChI=1S/C16H20O3S/c1-2-20-12-9-7-11(8-10-12)15(17)13-5-3-4-6-14(13)16(18)19/h7-10,13-14H,2-6H2,1H3,(H,18,19)/t13-,14-/m1/s1. The summed E-state index contributed by atoms with van der Waals surface area (Å²) in [5.41, 5.74) is 0.642. The Kier molecular flexibility index (Phi) is 5.24. The van der Waals surface area contributed by atoms with E-state index in [1.165, 1.54) is 0 Å². The van der Waals surface area contributed by atoms with Gasteiger partial charge < -0.3 is 5.11 Å². The number of Topliss-reactive ketones (excluding diaryl/α,β-unsaturated/α-hetero) is 1. The van der Waals surface area contributed by atoms with Gasteiger partial charge >= 0.3 is 5.97 Å². The average molecular weight is 292 g/mol. The lowest BCUT2D eigenvalue weighted by molar-refractivity contribution is -0.144. The van der Waals surface area contributed by atoms with Crippen LogP contribution in [0.3, 0.4) is 0 Å². The predicted molar refractivity (Wildman–Crippen MR) is 80.3 cm³/mol. The second-order valence-corrected chi connectivity index (χ2v) is 6.49. The summed E-state index contributed by atoms with van der Waals surface area (Å²) >= 11 is 1.73. The van der Waals surface area contributed by atoms with Crippen LogP contribution in [0.1, 0.15) is 43.0 Å². The molecule has 0 radical (unpaired) electrons. The Morgan fingerprint density at radius 3 is 2.30 bits per heavy atom. The van der Waals surface area contributed by atoms with Gasteiger partial charge in [-0.25, -0.2) is 0 Å². The molecular formula is C16H20O3S. The molecule has 2 rings (SSSR count). The molecule has 2 atom stereocenters. The number of carbonyl (C=O) groups is 2. The van der Waals surface area contributed by atoms with Gasteiger partial charge in [-0.1, -0.05) is 31.9 Å². The molecule has 3 nitrogen and oxygen atoms in total. The van der Waals surface area contributed by atoms with Gasteiger partial charge in [0.1, 0.15) is 0 Å². The van der Waals surface area contributed by atoms with Crippen molar-refractivity contribution in [3.05, 3.63) is 29.8 Å². The van der Waals surface area contributed by atoms with Crippen molar-refractivity contribution in [1.29, 1.82) is 0 Å². The minimum atomic E-state index is -0.832. The summed E-state index contributed by atoms with van der Waals surface area (Å²) in [5.74, 6) is -0.713. The highest BCUT2D eigenvalue weighted by Crippen LogP contribution is 2.33. The first-order valence-electron chi connectivity index (χ1n) is 7.13. The van der Waals surface area contributed by atoms with Crippen LogP contribution in [0.15, 0.2) is 29.2 Å². The van der Waals surface area contributed by atoms with Gasteiger partial charge in [0.25, 0.3) is 0 Å². The van der Waals surface area contributed by atoms with Crippen molar-refractivity contribution in [2.24, 2.45) is 11.8 Å². The lowest BCUT2D eigenvalue weighted by Gasteiger charge is -2.27. The van der Waals surface area contributed by atoms with Crippen LogP contribution in [0, 0.1) is 11.8 Å². The molecule has 0 aromatic heterocycles. The molecule has 1 N–H and O–H groups in total. The second kappa shape index (κ2) is 6.93. The second-order valence-electron chi connectivity index (χ2n) is 5.16. The summed E-state index contributed by atoms with van der Waals surface area (Å²) in [6.45, 7) is 2.09. The molecule has 4 heteroatoms. The van der Waals surface area contributed by atoms with Gasteiger partial charge in [0, 0.05) is 16.4 Å². The normalized spacial score (nSPS) is 22.4. The Labute approximate surface area is 123 Å². The van der Waals surface area contributed by atoms with Gasteiger partial charge in [-0.3, -0.25) is 9.59 Å². The fourth-order valence-corrected chi connectivity index (χ4v) is 3.50. The van der Waals surface area contributed by atoms with Crippen LogP contribution < -0.4 is 0 Å². The van der Waals surface area contributed by atoms with Gasteiger partial charge in [-0.15, -0.1) is 11.8 Å². The molecule has 0 saturated heterocycles. The van der Waals surface area contributed by atoms with Crippen molar-refractivity contribution in [2.75, 3.05) is 5.75 Å². The van der Waals surface area contributed by atoms with Crippen LogP contribution in [0.25, 0.3) is 0 Å². The smallest absolute Gasteiger partial charge is 0.307 e. The Hall–Kier alpha value is -1.29. The number of hydrogen-bond donors (Lipinski definition) is 1. The Bertz CT molecular complexity index is 481.